The van der Waals surface area contributed by atoms with Crippen LogP contribution in [0, 0.1) is 17.2 Å². The van der Waals surface area contributed by atoms with E-state index in [1.165, 1.54) is 0 Å². The normalized spacial score (nSPS) is 27.7. The molecule has 1 aliphatic carbocycles. The molecule has 3 rings (SSSR count). The largest absolute Gasteiger partial charge is 0.381 e. The number of carbonyl (C=O) groups excluding carboxylic acids is 1. The van der Waals surface area contributed by atoms with Crippen molar-refractivity contribution in [1.82, 2.24) is 4.90 Å². The fraction of sp³-hybridized carbons (Fsp3) is 0.556. The predicted molar refractivity (Wildman–Crippen MR) is 84.9 cm³/mol. The molecule has 0 spiro atoms. The molecule has 1 aliphatic heterocycles. The van der Waals surface area contributed by atoms with Gasteiger partial charge in [0.15, 0.2) is 0 Å². The molecule has 1 saturated heterocycles. The van der Waals surface area contributed by atoms with Crippen molar-refractivity contribution in [3.05, 3.63) is 35.4 Å². The zero-order valence-corrected chi connectivity index (χ0v) is 13.4. The van der Waals surface area contributed by atoms with Gasteiger partial charge in [-0.25, -0.2) is 0 Å². The summed E-state index contributed by atoms with van der Waals surface area (Å²) in [4.78, 5) is 14.8. The van der Waals surface area contributed by atoms with Crippen LogP contribution in [-0.4, -0.2) is 49.8 Å². The minimum atomic E-state index is 0.0181. The van der Waals surface area contributed by atoms with E-state index in [4.69, 9.17) is 14.7 Å². The zero-order chi connectivity index (χ0) is 16.2. The monoisotopic (exact) mass is 314 g/mol. The molecule has 1 aromatic rings. The lowest BCUT2D eigenvalue weighted by Crippen LogP contribution is -2.53. The fourth-order valence-corrected chi connectivity index (χ4v) is 3.77. The van der Waals surface area contributed by atoms with Gasteiger partial charge in [0.2, 0.25) is 0 Å². The van der Waals surface area contributed by atoms with Gasteiger partial charge in [0.05, 0.1) is 37.0 Å². The number of ether oxygens (including phenoxy) is 2. The van der Waals surface area contributed by atoms with Crippen LogP contribution < -0.4 is 0 Å². The van der Waals surface area contributed by atoms with Gasteiger partial charge in [0, 0.05) is 25.1 Å². The summed E-state index contributed by atoms with van der Waals surface area (Å²) >= 11 is 0. The molecule has 1 amide bonds. The van der Waals surface area contributed by atoms with Crippen molar-refractivity contribution in [3.63, 3.8) is 0 Å². The van der Waals surface area contributed by atoms with Crippen LogP contribution in [-0.2, 0) is 9.47 Å². The number of benzene rings is 1. The van der Waals surface area contributed by atoms with E-state index in [-0.39, 0.29) is 18.1 Å². The van der Waals surface area contributed by atoms with E-state index in [0.29, 0.717) is 36.8 Å². The third-order valence-corrected chi connectivity index (χ3v) is 4.99. The van der Waals surface area contributed by atoms with Gasteiger partial charge in [-0.3, -0.25) is 4.79 Å². The first kappa shape index (κ1) is 16.0. The van der Waals surface area contributed by atoms with Gasteiger partial charge in [0.25, 0.3) is 5.91 Å². The van der Waals surface area contributed by atoms with Crippen molar-refractivity contribution in [3.8, 4) is 6.07 Å². The first-order valence-electron chi connectivity index (χ1n) is 8.16. The average molecular weight is 314 g/mol. The van der Waals surface area contributed by atoms with Gasteiger partial charge in [-0.15, -0.1) is 0 Å². The van der Waals surface area contributed by atoms with Crippen LogP contribution in [0.2, 0.25) is 0 Å². The number of hydrogen-bond acceptors (Lipinski definition) is 4. The first-order chi connectivity index (χ1) is 11.2. The SMILES string of the molecule is CO[C@@H]1CCC[C@H]1[C@@H]1COCCN1C(=O)c1ccc(C#N)cc1. The van der Waals surface area contributed by atoms with Gasteiger partial charge in [-0.1, -0.05) is 6.42 Å². The Bertz CT molecular complexity index is 593. The fourth-order valence-electron chi connectivity index (χ4n) is 3.77. The molecule has 3 atom stereocenters. The van der Waals surface area contributed by atoms with E-state index < -0.39 is 0 Å². The number of hydrogen-bond donors (Lipinski definition) is 0. The minimum Gasteiger partial charge on any atom is -0.381 e. The standard InChI is InChI=1S/C18H22N2O3/c1-22-17-4-2-3-15(17)16-12-23-10-9-20(16)18(21)14-7-5-13(11-19)6-8-14/h5-8,15-17H,2-4,9-10,12H2,1H3/t15-,16-,17+/m0/s1. The Labute approximate surface area is 136 Å². The Morgan fingerprint density at radius 2 is 2.13 bits per heavy atom. The van der Waals surface area contributed by atoms with Gasteiger partial charge in [-0.05, 0) is 37.1 Å². The Kier molecular flexibility index (Phi) is 4.94. The summed E-state index contributed by atoms with van der Waals surface area (Å²) in [7, 11) is 1.75. The summed E-state index contributed by atoms with van der Waals surface area (Å²) in [5, 5.41) is 8.88. The molecule has 1 saturated carbocycles. The van der Waals surface area contributed by atoms with Crippen molar-refractivity contribution < 1.29 is 14.3 Å². The van der Waals surface area contributed by atoms with Gasteiger partial charge in [0.1, 0.15) is 0 Å². The van der Waals surface area contributed by atoms with E-state index in [9.17, 15) is 4.79 Å². The quantitative estimate of drug-likeness (QED) is 0.858. The second-order valence-corrected chi connectivity index (χ2v) is 6.20. The van der Waals surface area contributed by atoms with Crippen molar-refractivity contribution in [2.45, 2.75) is 31.4 Å². The summed E-state index contributed by atoms with van der Waals surface area (Å²) in [6.45, 7) is 1.76. The highest BCUT2D eigenvalue weighted by atomic mass is 16.5. The first-order valence-corrected chi connectivity index (χ1v) is 8.16. The second kappa shape index (κ2) is 7.12. The Balaban J connectivity index is 1.80. The van der Waals surface area contributed by atoms with Crippen molar-refractivity contribution in [1.29, 1.82) is 5.26 Å². The molecule has 2 aliphatic rings. The number of amides is 1. The van der Waals surface area contributed by atoms with Crippen molar-refractivity contribution >= 4 is 5.91 Å². The number of nitriles is 1. The molecule has 0 N–H and O–H groups in total. The van der Waals surface area contributed by atoms with E-state index in [1.807, 2.05) is 4.90 Å². The summed E-state index contributed by atoms with van der Waals surface area (Å²) in [6, 6.07) is 8.99. The molecule has 5 nitrogen and oxygen atoms in total. The molecular weight excluding hydrogens is 292 g/mol. The average Bonchev–Trinajstić information content (AvgIpc) is 3.10. The maximum Gasteiger partial charge on any atom is 0.254 e. The zero-order valence-electron chi connectivity index (χ0n) is 13.4. The summed E-state index contributed by atoms with van der Waals surface area (Å²) in [6.07, 6.45) is 3.47. The van der Waals surface area contributed by atoms with Crippen LogP contribution in [0.3, 0.4) is 0 Å². The highest BCUT2D eigenvalue weighted by Crippen LogP contribution is 2.34. The highest BCUT2D eigenvalue weighted by Gasteiger charge is 2.40. The number of carbonyl (C=O) groups is 1. The van der Waals surface area contributed by atoms with E-state index >= 15 is 0 Å². The van der Waals surface area contributed by atoms with E-state index in [2.05, 4.69) is 6.07 Å². The maximum atomic E-state index is 12.9. The van der Waals surface area contributed by atoms with Gasteiger partial charge >= 0.3 is 0 Å². The molecule has 1 heterocycles. The molecule has 5 heteroatoms. The lowest BCUT2D eigenvalue weighted by molar-refractivity contribution is -0.0460. The van der Waals surface area contributed by atoms with Crippen LogP contribution in [0.4, 0.5) is 0 Å². The second-order valence-electron chi connectivity index (χ2n) is 6.20. The molecule has 0 unspecified atom stereocenters. The molecule has 23 heavy (non-hydrogen) atoms. The Morgan fingerprint density at radius 1 is 1.35 bits per heavy atom. The lowest BCUT2D eigenvalue weighted by Gasteiger charge is -2.40. The molecule has 122 valence electrons. The summed E-state index contributed by atoms with van der Waals surface area (Å²) in [5.41, 5.74) is 1.19. The molecule has 1 aromatic carbocycles. The number of rotatable bonds is 3. The summed E-state index contributed by atoms with van der Waals surface area (Å²) < 4.78 is 11.3. The summed E-state index contributed by atoms with van der Waals surface area (Å²) in [5.74, 6) is 0.354. The third kappa shape index (κ3) is 3.24. The smallest absolute Gasteiger partial charge is 0.254 e. The van der Waals surface area contributed by atoms with Crippen molar-refractivity contribution in [2.24, 2.45) is 5.92 Å². The molecule has 0 aromatic heterocycles. The van der Waals surface area contributed by atoms with Crippen LogP contribution in [0.5, 0.6) is 0 Å². The van der Waals surface area contributed by atoms with Crippen LogP contribution >= 0.6 is 0 Å². The number of methoxy groups -OCH3 is 1. The number of nitrogens with zero attached hydrogens (tertiary/aromatic N) is 2. The van der Waals surface area contributed by atoms with Crippen molar-refractivity contribution in [2.75, 3.05) is 26.9 Å². The van der Waals surface area contributed by atoms with Gasteiger partial charge in [-0.2, -0.15) is 5.26 Å². The molecule has 2 fully saturated rings. The van der Waals surface area contributed by atoms with Crippen LogP contribution in [0.25, 0.3) is 0 Å². The van der Waals surface area contributed by atoms with Gasteiger partial charge < -0.3 is 14.4 Å². The van der Waals surface area contributed by atoms with E-state index in [0.717, 1.165) is 19.3 Å². The van der Waals surface area contributed by atoms with Crippen LogP contribution in [0.1, 0.15) is 35.2 Å². The van der Waals surface area contributed by atoms with Crippen LogP contribution in [0.15, 0.2) is 24.3 Å². The lowest BCUT2D eigenvalue weighted by atomic mass is 9.93. The minimum absolute atomic E-state index is 0.0181. The maximum absolute atomic E-state index is 12.9. The van der Waals surface area contributed by atoms with E-state index in [1.54, 1.807) is 31.4 Å². The predicted octanol–water partition coefficient (Wildman–Crippen LogP) is 2.21. The number of morpholine rings is 1. The third-order valence-electron chi connectivity index (χ3n) is 4.99. The highest BCUT2D eigenvalue weighted by molar-refractivity contribution is 5.94. The Hall–Kier alpha value is -1.90. The molecular formula is C18H22N2O3. The Morgan fingerprint density at radius 3 is 2.83 bits per heavy atom. The topological polar surface area (TPSA) is 62.6 Å². The molecule has 0 radical (unpaired) electrons. The molecule has 0 bridgehead atoms.